The lowest BCUT2D eigenvalue weighted by molar-refractivity contribution is -0.138. The third kappa shape index (κ3) is 4.51. The summed E-state index contributed by atoms with van der Waals surface area (Å²) in [7, 11) is 0. The average Bonchev–Trinajstić information content (AvgIpc) is 2.60. The Labute approximate surface area is 153 Å². The fourth-order valence-electron chi connectivity index (χ4n) is 3.09. The van der Waals surface area contributed by atoms with Crippen molar-refractivity contribution in [3.63, 3.8) is 0 Å². The average molecular weight is 346 g/mol. The molecule has 1 atom stereocenters. The van der Waals surface area contributed by atoms with Crippen LogP contribution < -0.4 is 4.74 Å². The first-order valence-corrected chi connectivity index (χ1v) is 8.64. The van der Waals surface area contributed by atoms with Crippen LogP contribution in [0.15, 0.2) is 72.8 Å². The zero-order valence-electron chi connectivity index (χ0n) is 15.0. The van der Waals surface area contributed by atoms with Crippen LogP contribution in [0.2, 0.25) is 0 Å². The lowest BCUT2D eigenvalue weighted by atomic mass is 9.92. The lowest BCUT2D eigenvalue weighted by Gasteiger charge is -2.13. The minimum Gasteiger partial charge on any atom is -0.481 e. The SMILES string of the molecule is Cc1cc(C)cc(Oc2ccc(CC(C(=O)O)c3ccccc3)cc2)c1. The molecule has 0 heterocycles. The molecule has 3 aromatic rings. The number of aryl methyl sites for hydroxylation is 2. The zero-order chi connectivity index (χ0) is 18.5. The highest BCUT2D eigenvalue weighted by Gasteiger charge is 2.20. The van der Waals surface area contributed by atoms with Crippen LogP contribution in [-0.2, 0) is 11.2 Å². The van der Waals surface area contributed by atoms with E-state index in [0.29, 0.717) is 6.42 Å². The highest BCUT2D eigenvalue weighted by Crippen LogP contribution is 2.26. The predicted octanol–water partition coefficient (Wildman–Crippen LogP) is 5.51. The Balaban J connectivity index is 1.73. The molecule has 0 spiro atoms. The second-order valence-electron chi connectivity index (χ2n) is 6.58. The summed E-state index contributed by atoms with van der Waals surface area (Å²) in [6.45, 7) is 4.08. The monoisotopic (exact) mass is 346 g/mol. The number of benzene rings is 3. The number of rotatable bonds is 6. The maximum absolute atomic E-state index is 11.7. The highest BCUT2D eigenvalue weighted by molar-refractivity contribution is 5.76. The molecule has 0 saturated heterocycles. The topological polar surface area (TPSA) is 46.5 Å². The third-order valence-electron chi connectivity index (χ3n) is 4.29. The fourth-order valence-corrected chi connectivity index (χ4v) is 3.09. The van der Waals surface area contributed by atoms with Crippen molar-refractivity contribution < 1.29 is 14.6 Å². The second-order valence-corrected chi connectivity index (χ2v) is 6.58. The summed E-state index contributed by atoms with van der Waals surface area (Å²) in [6, 6.07) is 23.1. The lowest BCUT2D eigenvalue weighted by Crippen LogP contribution is -2.14. The normalized spacial score (nSPS) is 11.8. The molecule has 0 aliphatic rings. The van der Waals surface area contributed by atoms with Gasteiger partial charge in [-0.1, -0.05) is 48.5 Å². The number of ether oxygens (including phenoxy) is 1. The van der Waals surface area contributed by atoms with Crippen molar-refractivity contribution in [3.8, 4) is 11.5 Å². The van der Waals surface area contributed by atoms with Crippen molar-refractivity contribution in [1.29, 1.82) is 0 Å². The molecular formula is C23H22O3. The first-order chi connectivity index (χ1) is 12.5. The largest absolute Gasteiger partial charge is 0.481 e. The molecule has 1 N–H and O–H groups in total. The van der Waals surface area contributed by atoms with Gasteiger partial charge >= 0.3 is 5.97 Å². The van der Waals surface area contributed by atoms with E-state index in [-0.39, 0.29) is 0 Å². The van der Waals surface area contributed by atoms with Crippen LogP contribution in [0.1, 0.15) is 28.2 Å². The van der Waals surface area contributed by atoms with Crippen LogP contribution in [0.4, 0.5) is 0 Å². The van der Waals surface area contributed by atoms with Gasteiger partial charge in [0.05, 0.1) is 5.92 Å². The Kier molecular flexibility index (Phi) is 5.37. The van der Waals surface area contributed by atoms with Gasteiger partial charge in [0.2, 0.25) is 0 Å². The van der Waals surface area contributed by atoms with Gasteiger partial charge in [-0.05, 0) is 66.8 Å². The van der Waals surface area contributed by atoms with E-state index < -0.39 is 11.9 Å². The van der Waals surface area contributed by atoms with Crippen LogP contribution in [0.3, 0.4) is 0 Å². The molecule has 3 heteroatoms. The number of carboxylic acids is 1. The predicted molar refractivity (Wildman–Crippen MR) is 103 cm³/mol. The fraction of sp³-hybridized carbons (Fsp3) is 0.174. The Hall–Kier alpha value is -3.07. The number of hydrogen-bond acceptors (Lipinski definition) is 2. The van der Waals surface area contributed by atoms with E-state index in [9.17, 15) is 9.90 Å². The van der Waals surface area contributed by atoms with Crippen molar-refractivity contribution in [2.45, 2.75) is 26.2 Å². The molecule has 3 nitrogen and oxygen atoms in total. The van der Waals surface area contributed by atoms with Gasteiger partial charge in [0, 0.05) is 0 Å². The Morgan fingerprint density at radius 3 is 2.08 bits per heavy atom. The standard InChI is InChI=1S/C23H22O3/c1-16-12-17(2)14-21(13-16)26-20-10-8-18(9-11-20)15-22(23(24)25)19-6-4-3-5-7-19/h3-14,22H,15H2,1-2H3,(H,24,25). The van der Waals surface area contributed by atoms with Crippen LogP contribution >= 0.6 is 0 Å². The van der Waals surface area contributed by atoms with Crippen molar-refractivity contribution in [2.24, 2.45) is 0 Å². The molecule has 3 aromatic carbocycles. The van der Waals surface area contributed by atoms with Crippen LogP contribution in [0.5, 0.6) is 11.5 Å². The van der Waals surface area contributed by atoms with E-state index in [2.05, 4.69) is 6.07 Å². The van der Waals surface area contributed by atoms with Crippen molar-refractivity contribution >= 4 is 5.97 Å². The number of carbonyl (C=O) groups is 1. The van der Waals surface area contributed by atoms with Crippen LogP contribution in [-0.4, -0.2) is 11.1 Å². The molecule has 0 radical (unpaired) electrons. The number of aliphatic carboxylic acids is 1. The summed E-state index contributed by atoms with van der Waals surface area (Å²) in [6.07, 6.45) is 0.448. The van der Waals surface area contributed by atoms with Crippen molar-refractivity contribution in [1.82, 2.24) is 0 Å². The molecule has 0 aliphatic carbocycles. The van der Waals surface area contributed by atoms with Gasteiger partial charge in [-0.25, -0.2) is 0 Å². The number of carboxylic acid groups (broad SMARTS) is 1. The van der Waals surface area contributed by atoms with E-state index in [1.165, 1.54) is 0 Å². The smallest absolute Gasteiger partial charge is 0.311 e. The van der Waals surface area contributed by atoms with Gasteiger partial charge < -0.3 is 9.84 Å². The van der Waals surface area contributed by atoms with Gasteiger partial charge in [-0.2, -0.15) is 0 Å². The molecule has 132 valence electrons. The summed E-state index contributed by atoms with van der Waals surface area (Å²) in [4.78, 5) is 11.7. The van der Waals surface area contributed by atoms with E-state index in [1.54, 1.807) is 0 Å². The molecule has 0 aliphatic heterocycles. The van der Waals surface area contributed by atoms with E-state index in [0.717, 1.165) is 33.8 Å². The Morgan fingerprint density at radius 1 is 0.885 bits per heavy atom. The third-order valence-corrected chi connectivity index (χ3v) is 4.29. The van der Waals surface area contributed by atoms with Gasteiger partial charge in [-0.15, -0.1) is 0 Å². The molecule has 3 rings (SSSR count). The van der Waals surface area contributed by atoms with Gasteiger partial charge in [0.25, 0.3) is 0 Å². The van der Waals surface area contributed by atoms with Gasteiger partial charge in [0.15, 0.2) is 0 Å². The van der Waals surface area contributed by atoms with E-state index >= 15 is 0 Å². The summed E-state index contributed by atoms with van der Waals surface area (Å²) in [5, 5.41) is 9.56. The molecule has 1 unspecified atom stereocenters. The number of hydrogen-bond donors (Lipinski definition) is 1. The summed E-state index contributed by atoms with van der Waals surface area (Å²) in [5.74, 6) is 0.183. The first-order valence-electron chi connectivity index (χ1n) is 8.64. The summed E-state index contributed by atoms with van der Waals surface area (Å²) in [5.41, 5.74) is 4.09. The summed E-state index contributed by atoms with van der Waals surface area (Å²) >= 11 is 0. The molecule has 0 aromatic heterocycles. The maximum Gasteiger partial charge on any atom is 0.311 e. The first kappa shape index (κ1) is 17.7. The minimum absolute atomic E-state index is 0.448. The molecule has 26 heavy (non-hydrogen) atoms. The van der Waals surface area contributed by atoms with Crippen molar-refractivity contribution in [2.75, 3.05) is 0 Å². The Morgan fingerprint density at radius 2 is 1.50 bits per heavy atom. The van der Waals surface area contributed by atoms with E-state index in [4.69, 9.17) is 4.74 Å². The molecule has 0 amide bonds. The molecule has 0 saturated carbocycles. The zero-order valence-corrected chi connectivity index (χ0v) is 15.0. The van der Waals surface area contributed by atoms with Gasteiger partial charge in [0.1, 0.15) is 11.5 Å². The minimum atomic E-state index is -0.813. The molecule has 0 fully saturated rings. The quantitative estimate of drug-likeness (QED) is 0.640. The van der Waals surface area contributed by atoms with Crippen LogP contribution in [0, 0.1) is 13.8 Å². The Bertz CT molecular complexity index is 863. The second kappa shape index (κ2) is 7.87. The van der Waals surface area contributed by atoms with Crippen LogP contribution in [0.25, 0.3) is 0 Å². The highest BCUT2D eigenvalue weighted by atomic mass is 16.5. The van der Waals surface area contributed by atoms with E-state index in [1.807, 2.05) is 80.6 Å². The summed E-state index contributed by atoms with van der Waals surface area (Å²) < 4.78 is 5.92. The molecular weight excluding hydrogens is 324 g/mol. The van der Waals surface area contributed by atoms with Crippen molar-refractivity contribution in [3.05, 3.63) is 95.1 Å². The molecule has 0 bridgehead atoms. The maximum atomic E-state index is 11.7. The van der Waals surface area contributed by atoms with Gasteiger partial charge in [-0.3, -0.25) is 4.79 Å².